The summed E-state index contributed by atoms with van der Waals surface area (Å²) in [5.41, 5.74) is 5.01. The van der Waals surface area contributed by atoms with Gasteiger partial charge in [0, 0.05) is 30.3 Å². The van der Waals surface area contributed by atoms with E-state index in [2.05, 4.69) is 29.0 Å². The molecule has 0 saturated heterocycles. The fraction of sp³-hybridized carbons (Fsp3) is 0.409. The van der Waals surface area contributed by atoms with Crippen molar-refractivity contribution < 1.29 is 9.84 Å². The van der Waals surface area contributed by atoms with Crippen molar-refractivity contribution in [1.82, 2.24) is 9.97 Å². The Morgan fingerprint density at radius 1 is 1.15 bits per heavy atom. The number of hydrogen-bond donors (Lipinski definition) is 3. The fourth-order valence-electron chi connectivity index (χ4n) is 3.09. The molecule has 0 aliphatic carbocycles. The minimum Gasteiger partial charge on any atom is -0.491 e. The zero-order valence-corrected chi connectivity index (χ0v) is 16.0. The van der Waals surface area contributed by atoms with Gasteiger partial charge in [0.2, 0.25) is 0 Å². The van der Waals surface area contributed by atoms with E-state index < -0.39 is 0 Å². The van der Waals surface area contributed by atoms with Crippen molar-refractivity contribution in [3.05, 3.63) is 65.1 Å². The molecule has 0 atom stereocenters. The second kappa shape index (κ2) is 9.97. The van der Waals surface area contributed by atoms with Crippen LogP contribution in [0, 0.1) is 0 Å². The number of aliphatic hydroxyl groups is 1. The normalized spacial score (nSPS) is 15.3. The first-order valence-electron chi connectivity index (χ1n) is 9.88. The lowest BCUT2D eigenvalue weighted by molar-refractivity contribution is 0.222. The van der Waals surface area contributed by atoms with Crippen molar-refractivity contribution in [3.63, 3.8) is 0 Å². The number of rotatable bonds is 11. The molecule has 0 spiro atoms. The lowest BCUT2D eigenvalue weighted by Crippen LogP contribution is -1.95. The summed E-state index contributed by atoms with van der Waals surface area (Å²) in [6, 6.07) is 8.21. The number of ether oxygens (including phenoxy) is 1. The molecule has 144 valence electrons. The van der Waals surface area contributed by atoms with Crippen molar-refractivity contribution in [3.8, 4) is 0 Å². The van der Waals surface area contributed by atoms with E-state index in [-0.39, 0.29) is 0 Å². The second-order valence-electron chi connectivity index (χ2n) is 6.79. The van der Waals surface area contributed by atoms with Crippen LogP contribution in [-0.4, -0.2) is 34.0 Å². The Morgan fingerprint density at radius 3 is 2.81 bits per heavy atom. The smallest absolute Gasteiger partial charge is 0.147 e. The van der Waals surface area contributed by atoms with E-state index in [9.17, 15) is 0 Å². The van der Waals surface area contributed by atoms with Crippen LogP contribution in [0.25, 0.3) is 6.08 Å². The molecule has 0 radical (unpaired) electrons. The molecule has 2 aromatic rings. The Hall–Kier alpha value is -2.53. The number of nitrogens with one attached hydrogen (secondary N) is 2. The van der Waals surface area contributed by atoms with E-state index in [4.69, 9.17) is 14.8 Å². The molecule has 5 nitrogen and oxygen atoms in total. The van der Waals surface area contributed by atoms with Crippen LogP contribution in [0.4, 0.5) is 0 Å². The minimum absolute atomic E-state index is 0.293. The van der Waals surface area contributed by atoms with Crippen LogP contribution in [0.15, 0.2) is 53.0 Å². The third kappa shape index (κ3) is 5.47. The van der Waals surface area contributed by atoms with E-state index in [1.165, 1.54) is 5.69 Å². The van der Waals surface area contributed by atoms with Gasteiger partial charge in [0.25, 0.3) is 0 Å². The van der Waals surface area contributed by atoms with Gasteiger partial charge in [-0.1, -0.05) is 19.8 Å². The Labute approximate surface area is 160 Å². The highest BCUT2D eigenvalue weighted by Crippen LogP contribution is 2.25. The quantitative estimate of drug-likeness (QED) is 0.508. The van der Waals surface area contributed by atoms with E-state index in [0.717, 1.165) is 67.1 Å². The molecule has 2 aromatic heterocycles. The molecule has 3 heterocycles. The van der Waals surface area contributed by atoms with Crippen LogP contribution in [-0.2, 0) is 11.2 Å². The van der Waals surface area contributed by atoms with Crippen LogP contribution < -0.4 is 0 Å². The Morgan fingerprint density at radius 2 is 2.04 bits per heavy atom. The molecule has 0 aromatic carbocycles. The molecule has 1 aliphatic heterocycles. The van der Waals surface area contributed by atoms with Crippen LogP contribution in [0.5, 0.6) is 0 Å². The van der Waals surface area contributed by atoms with Gasteiger partial charge in [0.1, 0.15) is 11.5 Å². The van der Waals surface area contributed by atoms with E-state index in [1.807, 2.05) is 30.5 Å². The number of aromatic nitrogens is 2. The maximum Gasteiger partial charge on any atom is 0.147 e. The number of unbranched alkanes of at least 4 members (excludes halogenated alkanes) is 3. The van der Waals surface area contributed by atoms with Crippen molar-refractivity contribution in [1.29, 1.82) is 0 Å². The zero-order chi connectivity index (χ0) is 18.9. The van der Waals surface area contributed by atoms with Gasteiger partial charge in [-0.15, -0.1) is 0 Å². The van der Waals surface area contributed by atoms with Gasteiger partial charge in [0.15, 0.2) is 0 Å². The molecule has 1 aliphatic rings. The number of aromatic amines is 2. The van der Waals surface area contributed by atoms with Crippen molar-refractivity contribution in [2.75, 3.05) is 13.2 Å². The number of H-pyrrole nitrogens is 2. The molecule has 27 heavy (non-hydrogen) atoms. The summed E-state index contributed by atoms with van der Waals surface area (Å²) >= 11 is 0. The average molecular weight is 367 g/mol. The van der Waals surface area contributed by atoms with Crippen LogP contribution in [0.2, 0.25) is 0 Å². The van der Waals surface area contributed by atoms with Gasteiger partial charge >= 0.3 is 0 Å². The standard InChI is InChI=1S/C22H29N3O2/c1-2-14-27-22-16-20(19-9-7-12-23-19)25-21(22)15-18-11-10-17(24-18)8-5-3-4-6-13-26/h7,9-12,15-16,23-24,26H,2-6,8,13-14H2,1H3. The first-order valence-corrected chi connectivity index (χ1v) is 9.88. The summed E-state index contributed by atoms with van der Waals surface area (Å²) in [7, 11) is 0. The number of aryl methyl sites for hydroxylation is 1. The Bertz CT molecular complexity index is 797. The molecule has 0 saturated carbocycles. The third-order valence-corrected chi connectivity index (χ3v) is 4.51. The van der Waals surface area contributed by atoms with E-state index in [0.29, 0.717) is 13.2 Å². The van der Waals surface area contributed by atoms with Gasteiger partial charge < -0.3 is 19.8 Å². The molecule has 0 bridgehead atoms. The van der Waals surface area contributed by atoms with Gasteiger partial charge in [-0.25, -0.2) is 4.99 Å². The Balaban J connectivity index is 1.67. The first-order chi connectivity index (χ1) is 13.3. The lowest BCUT2D eigenvalue weighted by atomic mass is 10.1. The number of aliphatic hydroxyl groups excluding tert-OH is 1. The highest BCUT2D eigenvalue weighted by molar-refractivity contribution is 6.11. The van der Waals surface area contributed by atoms with Crippen molar-refractivity contribution >= 4 is 11.8 Å². The maximum absolute atomic E-state index is 8.84. The van der Waals surface area contributed by atoms with Crippen LogP contribution in [0.3, 0.4) is 0 Å². The first kappa shape index (κ1) is 19.2. The average Bonchev–Trinajstić information content (AvgIpc) is 3.41. The summed E-state index contributed by atoms with van der Waals surface area (Å²) in [6.45, 7) is 3.07. The topological polar surface area (TPSA) is 73.4 Å². The summed E-state index contributed by atoms with van der Waals surface area (Å²) in [5.74, 6) is 0.821. The molecule has 3 rings (SSSR count). The summed E-state index contributed by atoms with van der Waals surface area (Å²) in [4.78, 5) is 11.4. The van der Waals surface area contributed by atoms with E-state index >= 15 is 0 Å². The number of aliphatic imine (C=N–C) groups is 1. The monoisotopic (exact) mass is 367 g/mol. The molecule has 5 heteroatoms. The number of hydrogen-bond acceptors (Lipinski definition) is 3. The highest BCUT2D eigenvalue weighted by atomic mass is 16.5. The zero-order valence-electron chi connectivity index (χ0n) is 16.0. The predicted molar refractivity (Wildman–Crippen MR) is 110 cm³/mol. The number of allylic oxidation sites excluding steroid dienone is 1. The van der Waals surface area contributed by atoms with Gasteiger partial charge in [-0.3, -0.25) is 0 Å². The molecule has 0 amide bonds. The SMILES string of the molecule is CCCOC1=CC(c2ccc[nH]2)=NC1=Cc1ccc(CCCCCCO)[nH]1. The summed E-state index contributed by atoms with van der Waals surface area (Å²) < 4.78 is 5.90. The molecule has 3 N–H and O–H groups in total. The van der Waals surface area contributed by atoms with Crippen molar-refractivity contribution in [2.24, 2.45) is 4.99 Å². The van der Waals surface area contributed by atoms with Gasteiger partial charge in [-0.2, -0.15) is 0 Å². The van der Waals surface area contributed by atoms with Crippen molar-refractivity contribution in [2.45, 2.75) is 45.4 Å². The predicted octanol–water partition coefficient (Wildman–Crippen LogP) is 4.59. The van der Waals surface area contributed by atoms with Crippen LogP contribution in [0.1, 0.15) is 56.1 Å². The minimum atomic E-state index is 0.293. The molecule has 0 unspecified atom stereocenters. The number of nitrogens with zero attached hydrogens (tertiary/aromatic N) is 1. The van der Waals surface area contributed by atoms with E-state index in [1.54, 1.807) is 0 Å². The third-order valence-electron chi connectivity index (χ3n) is 4.51. The Kier molecular flexibility index (Phi) is 7.11. The summed E-state index contributed by atoms with van der Waals surface area (Å²) in [5, 5.41) is 8.84. The second-order valence-corrected chi connectivity index (χ2v) is 6.79. The fourth-order valence-corrected chi connectivity index (χ4v) is 3.09. The van der Waals surface area contributed by atoms with Gasteiger partial charge in [0.05, 0.1) is 18.0 Å². The summed E-state index contributed by atoms with van der Waals surface area (Å²) in [6.07, 6.45) is 12.2. The van der Waals surface area contributed by atoms with Crippen LogP contribution >= 0.6 is 0 Å². The highest BCUT2D eigenvalue weighted by Gasteiger charge is 2.18. The maximum atomic E-state index is 8.84. The molecular weight excluding hydrogens is 338 g/mol. The van der Waals surface area contributed by atoms with Gasteiger partial charge in [-0.05, 0) is 56.0 Å². The molecular formula is C22H29N3O2. The largest absolute Gasteiger partial charge is 0.491 e. The lowest BCUT2D eigenvalue weighted by Gasteiger charge is -2.05. The molecule has 0 fully saturated rings.